The van der Waals surface area contributed by atoms with Crippen molar-refractivity contribution in [3.8, 4) is 11.4 Å². The van der Waals surface area contributed by atoms with Crippen LogP contribution in [0, 0.1) is 0 Å². The normalized spacial score (nSPS) is 10.9. The van der Waals surface area contributed by atoms with E-state index >= 15 is 0 Å². The summed E-state index contributed by atoms with van der Waals surface area (Å²) in [5.74, 6) is 1.19. The van der Waals surface area contributed by atoms with Crippen molar-refractivity contribution < 1.29 is 4.74 Å². The first-order valence-electron chi connectivity index (χ1n) is 6.20. The fourth-order valence-electron chi connectivity index (χ4n) is 2.32. The average Bonchev–Trinajstić information content (AvgIpc) is 2.82. The smallest absolute Gasteiger partial charge is 0.206 e. The summed E-state index contributed by atoms with van der Waals surface area (Å²) in [5.41, 5.74) is 8.88. The highest BCUT2D eigenvalue weighted by atomic mass is 32.2. The van der Waals surface area contributed by atoms with E-state index in [2.05, 4.69) is 17.3 Å². The molecule has 0 spiro atoms. The number of imidazole rings is 1. The van der Waals surface area contributed by atoms with Crippen molar-refractivity contribution in [2.75, 3.05) is 19.1 Å². The van der Waals surface area contributed by atoms with Gasteiger partial charge in [-0.25, -0.2) is 4.98 Å². The fourth-order valence-corrected chi connectivity index (χ4v) is 2.91. The predicted octanol–water partition coefficient (Wildman–Crippen LogP) is 3.34. The molecule has 0 saturated carbocycles. The lowest BCUT2D eigenvalue weighted by Crippen LogP contribution is -2.01. The van der Waals surface area contributed by atoms with Crippen LogP contribution in [0.2, 0.25) is 0 Å². The first kappa shape index (κ1) is 12.9. The van der Waals surface area contributed by atoms with Crippen molar-refractivity contribution in [1.82, 2.24) is 9.55 Å². The first-order chi connectivity index (χ1) is 9.76. The number of nitrogens with zero attached hydrogens (tertiary/aromatic N) is 2. The Balaban J connectivity index is 2.34. The summed E-state index contributed by atoms with van der Waals surface area (Å²) in [6.45, 7) is 0. The number of hydrogen-bond acceptors (Lipinski definition) is 4. The van der Waals surface area contributed by atoms with Crippen molar-refractivity contribution >= 4 is 28.7 Å². The molecular formula is C15H15N3OS. The number of nitrogen functional groups attached to an aromatic ring is 1. The number of hydrogen-bond donors (Lipinski definition) is 1. The molecule has 0 amide bonds. The van der Waals surface area contributed by atoms with E-state index in [1.165, 1.54) is 0 Å². The van der Waals surface area contributed by atoms with Gasteiger partial charge in [-0.2, -0.15) is 0 Å². The molecule has 3 aromatic rings. The molecule has 0 aliphatic heterocycles. The van der Waals surface area contributed by atoms with Gasteiger partial charge in [0.15, 0.2) is 0 Å². The fraction of sp³-hybridized carbons (Fsp3) is 0.133. The third-order valence-corrected chi connectivity index (χ3v) is 4.01. The third-order valence-electron chi connectivity index (χ3n) is 3.22. The molecule has 2 N–H and O–H groups in total. The second-order valence-corrected chi connectivity index (χ2v) is 5.15. The number of benzene rings is 2. The van der Waals surface area contributed by atoms with Crippen molar-refractivity contribution in [2.45, 2.75) is 4.90 Å². The number of fused-ring (bicyclic) bond motifs is 1. The molecule has 0 aliphatic rings. The Bertz CT molecular complexity index is 767. The summed E-state index contributed by atoms with van der Waals surface area (Å²) < 4.78 is 7.31. The molecule has 2 aromatic carbocycles. The topological polar surface area (TPSA) is 53.1 Å². The largest absolute Gasteiger partial charge is 0.494 e. The Morgan fingerprint density at radius 1 is 1.15 bits per heavy atom. The lowest BCUT2D eigenvalue weighted by molar-refractivity contribution is 0.419. The maximum Gasteiger partial charge on any atom is 0.206 e. The number of aromatic nitrogens is 2. The lowest BCUT2D eigenvalue weighted by atomic mass is 10.2. The standard InChI is InChI=1S/C15H15N3OS/c1-19-12-8-5-7-11-14(12)17-15(16)18(11)10-6-3-4-9-13(10)20-2/h3-9H,1-2H3,(H2,16,17). The van der Waals surface area contributed by atoms with E-state index in [4.69, 9.17) is 10.5 Å². The number of nitrogens with two attached hydrogens (primary N) is 1. The molecule has 20 heavy (non-hydrogen) atoms. The SMILES string of the molecule is COc1cccc2c1nc(N)n2-c1ccccc1SC. The Hall–Kier alpha value is -2.14. The summed E-state index contributed by atoms with van der Waals surface area (Å²) in [6.07, 6.45) is 2.05. The minimum Gasteiger partial charge on any atom is -0.494 e. The van der Waals surface area contributed by atoms with Crippen LogP contribution in [0.25, 0.3) is 16.7 Å². The van der Waals surface area contributed by atoms with Gasteiger partial charge in [0, 0.05) is 4.90 Å². The van der Waals surface area contributed by atoms with Gasteiger partial charge in [0.25, 0.3) is 0 Å². The predicted molar refractivity (Wildman–Crippen MR) is 83.8 cm³/mol. The van der Waals surface area contributed by atoms with Crippen LogP contribution < -0.4 is 10.5 Å². The molecule has 1 aromatic heterocycles. The number of ether oxygens (including phenoxy) is 1. The van der Waals surface area contributed by atoms with Crippen LogP contribution in [0.3, 0.4) is 0 Å². The van der Waals surface area contributed by atoms with Gasteiger partial charge in [-0.1, -0.05) is 18.2 Å². The van der Waals surface area contributed by atoms with E-state index in [9.17, 15) is 0 Å². The van der Waals surface area contributed by atoms with Crippen LogP contribution >= 0.6 is 11.8 Å². The second kappa shape index (κ2) is 5.09. The zero-order valence-electron chi connectivity index (χ0n) is 11.3. The molecule has 0 atom stereocenters. The van der Waals surface area contributed by atoms with Crippen LogP contribution in [0.5, 0.6) is 5.75 Å². The van der Waals surface area contributed by atoms with Crippen molar-refractivity contribution in [2.24, 2.45) is 0 Å². The number of anilines is 1. The number of thioether (sulfide) groups is 1. The Kier molecular flexibility index (Phi) is 3.28. The maximum absolute atomic E-state index is 6.12. The molecule has 0 saturated heterocycles. The minimum atomic E-state index is 0.464. The quantitative estimate of drug-likeness (QED) is 0.750. The van der Waals surface area contributed by atoms with Crippen LogP contribution in [0.15, 0.2) is 47.4 Å². The highest BCUT2D eigenvalue weighted by Crippen LogP contribution is 2.32. The van der Waals surface area contributed by atoms with E-state index in [1.807, 2.05) is 41.0 Å². The van der Waals surface area contributed by atoms with E-state index in [0.29, 0.717) is 5.95 Å². The lowest BCUT2D eigenvalue weighted by Gasteiger charge is -2.10. The monoisotopic (exact) mass is 285 g/mol. The summed E-state index contributed by atoms with van der Waals surface area (Å²) in [5, 5.41) is 0. The summed E-state index contributed by atoms with van der Waals surface area (Å²) >= 11 is 1.69. The van der Waals surface area contributed by atoms with Crippen LogP contribution in [0.4, 0.5) is 5.95 Å². The second-order valence-electron chi connectivity index (χ2n) is 4.31. The van der Waals surface area contributed by atoms with E-state index in [1.54, 1.807) is 18.9 Å². The molecule has 0 aliphatic carbocycles. The molecule has 102 valence electrons. The van der Waals surface area contributed by atoms with Gasteiger partial charge in [-0.15, -0.1) is 11.8 Å². The van der Waals surface area contributed by atoms with Crippen molar-refractivity contribution in [1.29, 1.82) is 0 Å². The van der Waals surface area contributed by atoms with Gasteiger partial charge in [0.05, 0.1) is 18.3 Å². The molecule has 3 rings (SSSR count). The number of para-hydroxylation sites is 2. The third kappa shape index (κ3) is 1.91. The van der Waals surface area contributed by atoms with Gasteiger partial charge in [0.1, 0.15) is 11.3 Å². The molecule has 1 heterocycles. The summed E-state index contributed by atoms with van der Waals surface area (Å²) in [7, 11) is 1.64. The average molecular weight is 285 g/mol. The number of rotatable bonds is 3. The molecule has 4 nitrogen and oxygen atoms in total. The molecule has 0 unspecified atom stereocenters. The Labute approximate surface area is 121 Å². The van der Waals surface area contributed by atoms with Gasteiger partial charge >= 0.3 is 0 Å². The first-order valence-corrected chi connectivity index (χ1v) is 7.43. The summed E-state index contributed by atoms with van der Waals surface area (Å²) in [6, 6.07) is 14.0. The van der Waals surface area contributed by atoms with Crippen LogP contribution in [0.1, 0.15) is 0 Å². The highest BCUT2D eigenvalue weighted by Gasteiger charge is 2.15. The molecule has 0 bridgehead atoms. The Morgan fingerprint density at radius 2 is 1.95 bits per heavy atom. The summed E-state index contributed by atoms with van der Waals surface area (Å²) in [4.78, 5) is 5.60. The molecule has 0 fully saturated rings. The highest BCUT2D eigenvalue weighted by molar-refractivity contribution is 7.98. The van der Waals surface area contributed by atoms with E-state index < -0.39 is 0 Å². The zero-order chi connectivity index (χ0) is 14.1. The van der Waals surface area contributed by atoms with Gasteiger partial charge < -0.3 is 10.5 Å². The molecular weight excluding hydrogens is 270 g/mol. The number of methoxy groups -OCH3 is 1. The molecule has 0 radical (unpaired) electrons. The van der Waals surface area contributed by atoms with Crippen molar-refractivity contribution in [3.05, 3.63) is 42.5 Å². The zero-order valence-corrected chi connectivity index (χ0v) is 12.1. The van der Waals surface area contributed by atoms with E-state index in [-0.39, 0.29) is 0 Å². The minimum absolute atomic E-state index is 0.464. The van der Waals surface area contributed by atoms with Crippen LogP contribution in [-0.2, 0) is 0 Å². The van der Waals surface area contributed by atoms with Crippen LogP contribution in [-0.4, -0.2) is 22.9 Å². The van der Waals surface area contributed by atoms with Gasteiger partial charge in [-0.05, 0) is 30.5 Å². The van der Waals surface area contributed by atoms with Gasteiger partial charge in [0.2, 0.25) is 5.95 Å². The van der Waals surface area contributed by atoms with E-state index in [0.717, 1.165) is 27.4 Å². The Morgan fingerprint density at radius 3 is 2.70 bits per heavy atom. The maximum atomic E-state index is 6.12. The van der Waals surface area contributed by atoms with Crippen molar-refractivity contribution in [3.63, 3.8) is 0 Å². The van der Waals surface area contributed by atoms with Gasteiger partial charge in [-0.3, -0.25) is 4.57 Å². The molecule has 5 heteroatoms.